The first-order chi connectivity index (χ1) is 12.8. The first-order valence-corrected chi connectivity index (χ1v) is 9.84. The predicted octanol–water partition coefficient (Wildman–Crippen LogP) is 1.52. The van der Waals surface area contributed by atoms with E-state index in [-0.39, 0.29) is 4.90 Å². The number of esters is 1. The lowest BCUT2D eigenvalue weighted by Crippen LogP contribution is -2.38. The van der Waals surface area contributed by atoms with E-state index in [2.05, 4.69) is 10.0 Å². The van der Waals surface area contributed by atoms with Crippen LogP contribution in [0.4, 0.5) is 0 Å². The maximum atomic E-state index is 12.0. The van der Waals surface area contributed by atoms with Crippen molar-refractivity contribution in [2.24, 2.45) is 0 Å². The minimum atomic E-state index is -3.81. The molecule has 0 heterocycles. The molecule has 0 saturated carbocycles. The molecule has 144 valence electrons. The van der Waals surface area contributed by atoms with Crippen molar-refractivity contribution in [3.05, 3.63) is 65.7 Å². The van der Waals surface area contributed by atoms with E-state index in [0.29, 0.717) is 6.54 Å². The monoisotopic (exact) mass is 390 g/mol. The van der Waals surface area contributed by atoms with Crippen molar-refractivity contribution < 1.29 is 22.7 Å². The average molecular weight is 390 g/mol. The Labute approximate surface area is 158 Å². The Kier molecular flexibility index (Phi) is 7.09. The van der Waals surface area contributed by atoms with Crippen molar-refractivity contribution >= 4 is 21.9 Å². The van der Waals surface area contributed by atoms with Crippen LogP contribution in [-0.4, -0.2) is 32.9 Å². The molecule has 0 aliphatic rings. The van der Waals surface area contributed by atoms with Gasteiger partial charge in [-0.15, -0.1) is 0 Å². The van der Waals surface area contributed by atoms with Gasteiger partial charge in [-0.25, -0.2) is 8.42 Å². The number of hydrogen-bond donors (Lipinski definition) is 2. The molecule has 0 spiro atoms. The molecule has 7 nitrogen and oxygen atoms in total. The summed E-state index contributed by atoms with van der Waals surface area (Å²) in [5.41, 5.74) is 2.04. The van der Waals surface area contributed by atoms with Gasteiger partial charge in [0.2, 0.25) is 10.0 Å². The molecule has 2 aromatic carbocycles. The third-order valence-corrected chi connectivity index (χ3v) is 5.14. The highest BCUT2D eigenvalue weighted by molar-refractivity contribution is 7.89. The zero-order chi connectivity index (χ0) is 19.9. The quantitative estimate of drug-likeness (QED) is 0.666. The normalized spacial score (nSPS) is 12.2. The van der Waals surface area contributed by atoms with Gasteiger partial charge in [-0.1, -0.05) is 48.0 Å². The van der Waals surface area contributed by atoms with E-state index >= 15 is 0 Å². The van der Waals surface area contributed by atoms with Crippen molar-refractivity contribution in [1.29, 1.82) is 0 Å². The van der Waals surface area contributed by atoms with Crippen LogP contribution >= 0.6 is 0 Å². The fourth-order valence-corrected chi connectivity index (χ4v) is 3.16. The molecule has 8 heteroatoms. The number of aryl methyl sites for hydroxylation is 1. The fraction of sp³-hybridized carbons (Fsp3) is 0.263. The summed E-state index contributed by atoms with van der Waals surface area (Å²) in [5, 5.41) is 2.67. The molecule has 0 aliphatic carbocycles. The molecular weight excluding hydrogens is 368 g/mol. The molecule has 0 bridgehead atoms. The SMILES string of the molecule is Cc1ccc(CNC(=O)[C@H](C)OC(=O)CNS(=O)(=O)c2ccccc2)cc1. The molecular formula is C19H22N2O5S. The Morgan fingerprint density at radius 3 is 2.30 bits per heavy atom. The molecule has 2 rings (SSSR count). The summed E-state index contributed by atoms with van der Waals surface area (Å²) in [4.78, 5) is 23.9. The molecule has 0 fully saturated rings. The second-order valence-electron chi connectivity index (χ2n) is 5.97. The number of nitrogens with one attached hydrogen (secondary N) is 2. The number of benzene rings is 2. The largest absolute Gasteiger partial charge is 0.452 e. The van der Waals surface area contributed by atoms with Crippen molar-refractivity contribution in [3.63, 3.8) is 0 Å². The van der Waals surface area contributed by atoms with Gasteiger partial charge < -0.3 is 10.1 Å². The summed E-state index contributed by atoms with van der Waals surface area (Å²) in [6.07, 6.45) is -1.04. The van der Waals surface area contributed by atoms with E-state index in [1.807, 2.05) is 31.2 Å². The zero-order valence-corrected chi connectivity index (χ0v) is 16.0. The van der Waals surface area contributed by atoms with E-state index in [1.165, 1.54) is 19.1 Å². The van der Waals surface area contributed by atoms with E-state index in [9.17, 15) is 18.0 Å². The number of hydrogen-bond acceptors (Lipinski definition) is 5. The van der Waals surface area contributed by atoms with Crippen LogP contribution in [0.2, 0.25) is 0 Å². The molecule has 27 heavy (non-hydrogen) atoms. The summed E-state index contributed by atoms with van der Waals surface area (Å²) in [5.74, 6) is -1.30. The number of carbonyl (C=O) groups excluding carboxylic acids is 2. The van der Waals surface area contributed by atoms with E-state index in [4.69, 9.17) is 4.74 Å². The minimum absolute atomic E-state index is 0.0432. The molecule has 2 aromatic rings. The maximum absolute atomic E-state index is 12.0. The van der Waals surface area contributed by atoms with Gasteiger partial charge in [0.05, 0.1) is 4.90 Å². The lowest BCUT2D eigenvalue weighted by molar-refractivity contribution is -0.153. The molecule has 0 unspecified atom stereocenters. The first-order valence-electron chi connectivity index (χ1n) is 8.35. The van der Waals surface area contributed by atoms with Gasteiger partial charge in [0, 0.05) is 6.54 Å². The van der Waals surface area contributed by atoms with Gasteiger partial charge in [-0.3, -0.25) is 9.59 Å². The highest BCUT2D eigenvalue weighted by Gasteiger charge is 2.20. The summed E-state index contributed by atoms with van der Waals surface area (Å²) >= 11 is 0. The second-order valence-corrected chi connectivity index (χ2v) is 7.74. The number of amides is 1. The summed E-state index contributed by atoms with van der Waals surface area (Å²) in [7, 11) is -3.81. The molecule has 1 amide bonds. The highest BCUT2D eigenvalue weighted by Crippen LogP contribution is 2.07. The van der Waals surface area contributed by atoms with Crippen molar-refractivity contribution in [2.75, 3.05) is 6.54 Å². The number of carbonyl (C=O) groups is 2. The van der Waals surface area contributed by atoms with Crippen LogP contribution < -0.4 is 10.0 Å². The van der Waals surface area contributed by atoms with Gasteiger partial charge in [0.1, 0.15) is 6.54 Å². The van der Waals surface area contributed by atoms with Crippen LogP contribution in [0.15, 0.2) is 59.5 Å². The van der Waals surface area contributed by atoms with E-state index < -0.39 is 34.5 Å². The lowest BCUT2D eigenvalue weighted by Gasteiger charge is -2.14. The number of rotatable bonds is 8. The van der Waals surface area contributed by atoms with E-state index in [0.717, 1.165) is 11.1 Å². The molecule has 0 aromatic heterocycles. The molecule has 1 atom stereocenters. The predicted molar refractivity (Wildman–Crippen MR) is 100 cm³/mol. The Hall–Kier alpha value is -2.71. The highest BCUT2D eigenvalue weighted by atomic mass is 32.2. The van der Waals surface area contributed by atoms with Gasteiger partial charge in [0.25, 0.3) is 5.91 Å². The summed E-state index contributed by atoms with van der Waals surface area (Å²) in [6.45, 7) is 3.14. The smallest absolute Gasteiger partial charge is 0.321 e. The van der Waals surface area contributed by atoms with Gasteiger partial charge in [-0.2, -0.15) is 4.72 Å². The Balaban J connectivity index is 1.79. The minimum Gasteiger partial charge on any atom is -0.452 e. The molecule has 0 saturated heterocycles. The molecule has 0 aliphatic heterocycles. The van der Waals surface area contributed by atoms with Crippen LogP contribution in [0.3, 0.4) is 0 Å². The van der Waals surface area contributed by atoms with Gasteiger partial charge in [-0.05, 0) is 31.5 Å². The topological polar surface area (TPSA) is 102 Å². The zero-order valence-electron chi connectivity index (χ0n) is 15.1. The molecule has 0 radical (unpaired) electrons. The van der Waals surface area contributed by atoms with Gasteiger partial charge in [0.15, 0.2) is 6.10 Å². The van der Waals surface area contributed by atoms with Crippen LogP contribution in [0.25, 0.3) is 0 Å². The Morgan fingerprint density at radius 2 is 1.67 bits per heavy atom. The molecule has 2 N–H and O–H groups in total. The maximum Gasteiger partial charge on any atom is 0.321 e. The average Bonchev–Trinajstić information content (AvgIpc) is 2.66. The van der Waals surface area contributed by atoms with Crippen molar-refractivity contribution in [2.45, 2.75) is 31.4 Å². The fourth-order valence-electron chi connectivity index (χ4n) is 2.17. The van der Waals surface area contributed by atoms with Crippen LogP contribution in [0, 0.1) is 6.92 Å². The van der Waals surface area contributed by atoms with Gasteiger partial charge >= 0.3 is 5.97 Å². The summed E-state index contributed by atoms with van der Waals surface area (Å²) in [6, 6.07) is 15.3. The third-order valence-electron chi connectivity index (χ3n) is 3.72. The van der Waals surface area contributed by atoms with Crippen molar-refractivity contribution in [3.8, 4) is 0 Å². The third kappa shape index (κ3) is 6.50. The Bertz CT molecular complexity index is 880. The summed E-state index contributed by atoms with van der Waals surface area (Å²) < 4.78 is 31.2. The second kappa shape index (κ2) is 9.29. The first kappa shape index (κ1) is 20.6. The number of sulfonamides is 1. The van der Waals surface area contributed by atoms with Crippen molar-refractivity contribution in [1.82, 2.24) is 10.0 Å². The van der Waals surface area contributed by atoms with Crippen LogP contribution in [0.5, 0.6) is 0 Å². The Morgan fingerprint density at radius 1 is 1.04 bits per heavy atom. The van der Waals surface area contributed by atoms with Crippen LogP contribution in [-0.2, 0) is 30.9 Å². The standard InChI is InChI=1S/C19H22N2O5S/c1-14-8-10-16(11-9-14)12-20-19(23)15(2)26-18(22)13-21-27(24,25)17-6-4-3-5-7-17/h3-11,15,21H,12-13H2,1-2H3,(H,20,23)/t15-/m0/s1. The van der Waals surface area contributed by atoms with E-state index in [1.54, 1.807) is 18.2 Å². The van der Waals surface area contributed by atoms with Crippen LogP contribution in [0.1, 0.15) is 18.1 Å². The lowest BCUT2D eigenvalue weighted by atomic mass is 10.1. The number of ether oxygens (including phenoxy) is 1.